The van der Waals surface area contributed by atoms with E-state index >= 15 is 0 Å². The fourth-order valence-electron chi connectivity index (χ4n) is 2.35. The summed E-state index contributed by atoms with van der Waals surface area (Å²) in [6, 6.07) is 0. The molecule has 2 rings (SSSR count). The van der Waals surface area contributed by atoms with Crippen LogP contribution in [0.2, 0.25) is 0 Å². The van der Waals surface area contributed by atoms with E-state index in [1.165, 1.54) is 29.0 Å². The molecule has 0 amide bonds. The van der Waals surface area contributed by atoms with Crippen molar-refractivity contribution >= 4 is 17.4 Å². The molecular weight excluding hydrogens is 278 g/mol. The number of ether oxygens (including phenoxy) is 1. The minimum absolute atomic E-state index is 0.558. The van der Waals surface area contributed by atoms with Gasteiger partial charge in [-0.15, -0.1) is 11.3 Å². The van der Waals surface area contributed by atoms with Gasteiger partial charge in [0.1, 0.15) is 0 Å². The standard InChI is InChI=1S/C18H23NOS/c1-4-7-14(2)18-19-17(13-21-18)11-10-15-8-5-6-9-16(15)12-20-3/h5-6,8,10-14H,4,7,9H2,1-3H3/b11-10?,16-12-. The minimum Gasteiger partial charge on any atom is -0.504 e. The van der Waals surface area contributed by atoms with E-state index in [-0.39, 0.29) is 0 Å². The lowest BCUT2D eigenvalue weighted by Gasteiger charge is -2.09. The second kappa shape index (κ2) is 7.99. The van der Waals surface area contributed by atoms with Gasteiger partial charge in [0, 0.05) is 11.3 Å². The van der Waals surface area contributed by atoms with Crippen molar-refractivity contribution in [2.24, 2.45) is 0 Å². The van der Waals surface area contributed by atoms with Gasteiger partial charge >= 0.3 is 0 Å². The SMILES string of the molecule is CCCC(C)c1nc(C=CC2=CC=CC/C2=C/OC)cs1. The Morgan fingerprint density at radius 3 is 3.05 bits per heavy atom. The molecular formula is C18H23NOS. The summed E-state index contributed by atoms with van der Waals surface area (Å²) in [7, 11) is 1.69. The lowest BCUT2D eigenvalue weighted by Crippen LogP contribution is -1.92. The van der Waals surface area contributed by atoms with Crippen molar-refractivity contribution in [1.82, 2.24) is 4.98 Å². The molecule has 1 aliphatic carbocycles. The average molecular weight is 301 g/mol. The van der Waals surface area contributed by atoms with Crippen LogP contribution in [-0.2, 0) is 4.74 Å². The summed E-state index contributed by atoms with van der Waals surface area (Å²) in [6.45, 7) is 4.47. The molecule has 0 radical (unpaired) electrons. The van der Waals surface area contributed by atoms with Crippen LogP contribution in [0.15, 0.2) is 47.1 Å². The molecule has 1 aromatic heterocycles. The molecule has 1 aliphatic rings. The number of nitrogens with zero attached hydrogens (tertiary/aromatic N) is 1. The first-order valence-electron chi connectivity index (χ1n) is 7.47. The van der Waals surface area contributed by atoms with E-state index in [1.54, 1.807) is 18.4 Å². The van der Waals surface area contributed by atoms with Crippen molar-refractivity contribution in [2.75, 3.05) is 7.11 Å². The molecule has 2 nitrogen and oxygen atoms in total. The van der Waals surface area contributed by atoms with Crippen molar-refractivity contribution in [1.29, 1.82) is 0 Å². The molecule has 0 saturated heterocycles. The zero-order valence-electron chi connectivity index (χ0n) is 13.0. The lowest BCUT2D eigenvalue weighted by atomic mass is 9.99. The molecule has 112 valence electrons. The molecule has 0 fully saturated rings. The van der Waals surface area contributed by atoms with E-state index in [4.69, 9.17) is 9.72 Å². The molecule has 0 spiro atoms. The summed E-state index contributed by atoms with van der Waals surface area (Å²) in [6.07, 6.45) is 15.7. The summed E-state index contributed by atoms with van der Waals surface area (Å²) in [4.78, 5) is 4.72. The van der Waals surface area contributed by atoms with E-state index in [0.717, 1.165) is 12.1 Å². The van der Waals surface area contributed by atoms with Crippen LogP contribution in [0.3, 0.4) is 0 Å². The third-order valence-electron chi connectivity index (χ3n) is 3.50. The van der Waals surface area contributed by atoms with Crippen LogP contribution in [-0.4, -0.2) is 12.1 Å². The Bertz CT molecular complexity index is 578. The smallest absolute Gasteiger partial charge is 0.0960 e. The number of rotatable bonds is 6. The molecule has 1 heterocycles. The normalized spacial score (nSPS) is 18.2. The maximum absolute atomic E-state index is 5.14. The predicted octanol–water partition coefficient (Wildman–Crippen LogP) is 5.48. The van der Waals surface area contributed by atoms with Gasteiger partial charge in [0.2, 0.25) is 0 Å². The number of aromatic nitrogens is 1. The topological polar surface area (TPSA) is 22.1 Å². The number of methoxy groups -OCH3 is 1. The highest BCUT2D eigenvalue weighted by molar-refractivity contribution is 7.09. The second-order valence-corrected chi connectivity index (χ2v) is 6.16. The van der Waals surface area contributed by atoms with Gasteiger partial charge in [-0.1, -0.05) is 44.6 Å². The maximum Gasteiger partial charge on any atom is 0.0960 e. The molecule has 1 aromatic rings. The summed E-state index contributed by atoms with van der Waals surface area (Å²) in [5.74, 6) is 0.558. The maximum atomic E-state index is 5.14. The van der Waals surface area contributed by atoms with E-state index < -0.39 is 0 Å². The average Bonchev–Trinajstić information content (AvgIpc) is 2.96. The fraction of sp³-hybridized carbons (Fsp3) is 0.389. The van der Waals surface area contributed by atoms with Crippen LogP contribution >= 0.6 is 11.3 Å². The van der Waals surface area contributed by atoms with Crippen LogP contribution in [0.5, 0.6) is 0 Å². The zero-order chi connectivity index (χ0) is 15.1. The Morgan fingerprint density at radius 1 is 1.43 bits per heavy atom. The molecule has 3 heteroatoms. The lowest BCUT2D eigenvalue weighted by molar-refractivity contribution is 0.334. The fourth-order valence-corrected chi connectivity index (χ4v) is 3.23. The number of hydrogen-bond donors (Lipinski definition) is 0. The quantitative estimate of drug-likeness (QED) is 0.649. The van der Waals surface area contributed by atoms with Gasteiger partial charge in [-0.25, -0.2) is 4.98 Å². The molecule has 0 saturated carbocycles. The first kappa shape index (κ1) is 15.8. The molecule has 0 N–H and O–H groups in total. The first-order chi connectivity index (χ1) is 10.2. The predicted molar refractivity (Wildman–Crippen MR) is 91.4 cm³/mol. The van der Waals surface area contributed by atoms with E-state index in [0.29, 0.717) is 5.92 Å². The summed E-state index contributed by atoms with van der Waals surface area (Å²) >= 11 is 1.76. The Kier molecular flexibility index (Phi) is 6.00. The Balaban J connectivity index is 2.08. The van der Waals surface area contributed by atoms with Gasteiger partial charge in [-0.2, -0.15) is 0 Å². The highest BCUT2D eigenvalue weighted by Gasteiger charge is 2.09. The van der Waals surface area contributed by atoms with Crippen molar-refractivity contribution in [3.63, 3.8) is 0 Å². The molecule has 1 atom stereocenters. The zero-order valence-corrected chi connectivity index (χ0v) is 13.8. The first-order valence-corrected chi connectivity index (χ1v) is 8.35. The molecule has 1 unspecified atom stereocenters. The minimum atomic E-state index is 0.558. The Labute approximate surface area is 131 Å². The number of thiazole rings is 1. The van der Waals surface area contributed by atoms with Crippen molar-refractivity contribution in [3.05, 3.63) is 57.8 Å². The molecule has 0 aliphatic heterocycles. The Morgan fingerprint density at radius 2 is 2.29 bits per heavy atom. The van der Waals surface area contributed by atoms with Crippen LogP contribution in [0.1, 0.15) is 49.7 Å². The van der Waals surface area contributed by atoms with E-state index in [1.807, 2.05) is 6.26 Å². The van der Waals surface area contributed by atoms with Crippen LogP contribution in [0.25, 0.3) is 6.08 Å². The third kappa shape index (κ3) is 4.43. The highest BCUT2D eigenvalue weighted by Crippen LogP contribution is 2.26. The summed E-state index contributed by atoms with van der Waals surface area (Å²) < 4.78 is 5.14. The van der Waals surface area contributed by atoms with Gasteiger partial charge in [-0.3, -0.25) is 0 Å². The van der Waals surface area contributed by atoms with Gasteiger partial charge < -0.3 is 4.74 Å². The van der Waals surface area contributed by atoms with E-state index in [9.17, 15) is 0 Å². The van der Waals surface area contributed by atoms with Crippen molar-refractivity contribution < 1.29 is 4.74 Å². The van der Waals surface area contributed by atoms with Crippen LogP contribution in [0.4, 0.5) is 0 Å². The second-order valence-electron chi connectivity index (χ2n) is 5.27. The van der Waals surface area contributed by atoms with E-state index in [2.05, 4.69) is 49.6 Å². The van der Waals surface area contributed by atoms with Gasteiger partial charge in [0.15, 0.2) is 0 Å². The molecule has 21 heavy (non-hydrogen) atoms. The van der Waals surface area contributed by atoms with Crippen molar-refractivity contribution in [3.8, 4) is 0 Å². The van der Waals surface area contributed by atoms with Gasteiger partial charge in [0.05, 0.1) is 24.1 Å². The van der Waals surface area contributed by atoms with Gasteiger partial charge in [-0.05, 0) is 30.1 Å². The monoisotopic (exact) mass is 301 g/mol. The largest absolute Gasteiger partial charge is 0.504 e. The number of allylic oxidation sites excluding steroid dienone is 6. The Hall–Kier alpha value is -1.61. The molecule has 0 aromatic carbocycles. The van der Waals surface area contributed by atoms with Gasteiger partial charge in [0.25, 0.3) is 0 Å². The summed E-state index contributed by atoms with van der Waals surface area (Å²) in [5, 5.41) is 3.37. The highest BCUT2D eigenvalue weighted by atomic mass is 32.1. The number of hydrogen-bond acceptors (Lipinski definition) is 3. The molecule has 0 bridgehead atoms. The van der Waals surface area contributed by atoms with Crippen molar-refractivity contribution in [2.45, 2.75) is 39.0 Å². The summed E-state index contributed by atoms with van der Waals surface area (Å²) in [5.41, 5.74) is 3.44. The van der Waals surface area contributed by atoms with Crippen LogP contribution < -0.4 is 0 Å². The van der Waals surface area contributed by atoms with Crippen LogP contribution in [0, 0.1) is 0 Å². The third-order valence-corrected chi connectivity index (χ3v) is 4.59.